The summed E-state index contributed by atoms with van der Waals surface area (Å²) in [7, 11) is 0. The van der Waals surface area contributed by atoms with Gasteiger partial charge in [0, 0.05) is 23.7 Å². The Morgan fingerprint density at radius 1 is 1.48 bits per heavy atom. The smallest absolute Gasteiger partial charge is 0.254 e. The lowest BCUT2D eigenvalue weighted by atomic mass is 9.90. The van der Waals surface area contributed by atoms with Crippen LogP contribution in [0.15, 0.2) is 18.2 Å². The molecule has 0 aliphatic heterocycles. The summed E-state index contributed by atoms with van der Waals surface area (Å²) in [6.07, 6.45) is 3.22. The maximum Gasteiger partial charge on any atom is 0.254 e. The van der Waals surface area contributed by atoms with Crippen LogP contribution in [0.1, 0.15) is 40.7 Å². The van der Waals surface area contributed by atoms with Crippen LogP contribution < -0.4 is 5.73 Å². The van der Waals surface area contributed by atoms with E-state index in [1.54, 1.807) is 11.0 Å². The second kappa shape index (κ2) is 7.26. The molecule has 1 aliphatic carbocycles. The predicted octanol–water partition coefficient (Wildman–Crippen LogP) is 1.29. The molecule has 4 heteroatoms. The fraction of sp³-hybridized carbons (Fsp3) is 0.471. The largest absolute Gasteiger partial charge is 0.395 e. The minimum atomic E-state index is -0.00446. The Balaban J connectivity index is 2.19. The molecule has 21 heavy (non-hydrogen) atoms. The lowest BCUT2D eigenvalue weighted by molar-refractivity contribution is 0.0525. The first kappa shape index (κ1) is 15.6. The molecule has 3 N–H and O–H groups in total. The Morgan fingerprint density at radius 3 is 2.76 bits per heavy atom. The van der Waals surface area contributed by atoms with Crippen molar-refractivity contribution < 1.29 is 9.90 Å². The normalized spacial score (nSPS) is 14.0. The molecule has 0 heterocycles. The fourth-order valence-electron chi connectivity index (χ4n) is 2.51. The van der Waals surface area contributed by atoms with E-state index in [0.29, 0.717) is 18.7 Å². The highest BCUT2D eigenvalue weighted by molar-refractivity contribution is 5.95. The van der Waals surface area contributed by atoms with Crippen LogP contribution in [-0.2, 0) is 0 Å². The molecule has 2 rings (SSSR count). The van der Waals surface area contributed by atoms with Crippen LogP contribution in [0, 0.1) is 18.8 Å². The fourth-order valence-corrected chi connectivity index (χ4v) is 2.51. The predicted molar refractivity (Wildman–Crippen MR) is 82.9 cm³/mol. The van der Waals surface area contributed by atoms with Gasteiger partial charge in [-0.05, 0) is 49.9 Å². The minimum Gasteiger partial charge on any atom is -0.395 e. The van der Waals surface area contributed by atoms with Crippen molar-refractivity contribution >= 4 is 5.91 Å². The molecule has 112 valence electrons. The van der Waals surface area contributed by atoms with Crippen molar-refractivity contribution in [2.75, 3.05) is 19.7 Å². The van der Waals surface area contributed by atoms with E-state index in [1.165, 1.54) is 0 Å². The van der Waals surface area contributed by atoms with Crippen LogP contribution in [0.4, 0.5) is 0 Å². The van der Waals surface area contributed by atoms with E-state index in [4.69, 9.17) is 5.73 Å². The zero-order valence-corrected chi connectivity index (χ0v) is 12.4. The van der Waals surface area contributed by atoms with Crippen molar-refractivity contribution in [2.24, 2.45) is 5.73 Å². The van der Waals surface area contributed by atoms with Crippen LogP contribution in [0.5, 0.6) is 0 Å². The molecule has 1 aromatic carbocycles. The van der Waals surface area contributed by atoms with Crippen LogP contribution in [0.2, 0.25) is 0 Å². The molecule has 0 spiro atoms. The number of hydrogen-bond donors (Lipinski definition) is 2. The summed E-state index contributed by atoms with van der Waals surface area (Å²) in [5.74, 6) is 5.82. The Kier molecular flexibility index (Phi) is 5.38. The van der Waals surface area contributed by atoms with Crippen molar-refractivity contribution in [3.8, 4) is 11.8 Å². The van der Waals surface area contributed by atoms with Crippen molar-refractivity contribution in [3.05, 3.63) is 34.9 Å². The molecule has 1 fully saturated rings. The van der Waals surface area contributed by atoms with Gasteiger partial charge in [-0.2, -0.15) is 0 Å². The van der Waals surface area contributed by atoms with Gasteiger partial charge in [-0.25, -0.2) is 0 Å². The van der Waals surface area contributed by atoms with E-state index in [2.05, 4.69) is 11.8 Å². The number of carbonyl (C=O) groups excluding carboxylic acids is 1. The number of aliphatic hydroxyl groups is 1. The third kappa shape index (κ3) is 3.63. The number of aliphatic hydroxyl groups excluding tert-OH is 1. The van der Waals surface area contributed by atoms with Gasteiger partial charge in [0.15, 0.2) is 0 Å². The van der Waals surface area contributed by atoms with Crippen molar-refractivity contribution in [3.63, 3.8) is 0 Å². The Bertz CT molecular complexity index is 568. The van der Waals surface area contributed by atoms with Crippen molar-refractivity contribution in [1.29, 1.82) is 0 Å². The molecule has 1 aliphatic rings. The van der Waals surface area contributed by atoms with Gasteiger partial charge in [0.2, 0.25) is 0 Å². The molecule has 0 atom stereocenters. The van der Waals surface area contributed by atoms with Crippen molar-refractivity contribution in [2.45, 2.75) is 32.2 Å². The number of carbonyl (C=O) groups is 1. The number of amides is 1. The third-order valence-electron chi connectivity index (χ3n) is 3.92. The third-order valence-corrected chi connectivity index (χ3v) is 3.92. The summed E-state index contributed by atoms with van der Waals surface area (Å²) in [5.41, 5.74) is 7.90. The highest BCUT2D eigenvalue weighted by atomic mass is 16.3. The zero-order chi connectivity index (χ0) is 15.2. The van der Waals surface area contributed by atoms with Gasteiger partial charge >= 0.3 is 0 Å². The molecule has 1 amide bonds. The zero-order valence-electron chi connectivity index (χ0n) is 12.4. The first-order valence-corrected chi connectivity index (χ1v) is 7.38. The quantitative estimate of drug-likeness (QED) is 0.820. The van der Waals surface area contributed by atoms with Gasteiger partial charge in [0.25, 0.3) is 5.91 Å². The number of benzene rings is 1. The monoisotopic (exact) mass is 286 g/mol. The second-order valence-electron chi connectivity index (χ2n) is 5.34. The molecule has 1 saturated carbocycles. The Morgan fingerprint density at radius 2 is 2.24 bits per heavy atom. The summed E-state index contributed by atoms with van der Waals surface area (Å²) in [4.78, 5) is 14.4. The molecular formula is C17H22N2O2. The molecule has 1 aromatic rings. The average Bonchev–Trinajstić information content (AvgIpc) is 2.43. The summed E-state index contributed by atoms with van der Waals surface area (Å²) < 4.78 is 0. The van der Waals surface area contributed by atoms with E-state index in [-0.39, 0.29) is 18.6 Å². The SMILES string of the molecule is Cc1cc(C(=O)N(CCO)C2CCC2)ccc1C#CCN. The van der Waals surface area contributed by atoms with E-state index >= 15 is 0 Å². The standard InChI is InChI=1S/C17H22N2O2/c1-13-12-15(8-7-14(13)4-3-9-18)17(21)19(10-11-20)16-5-2-6-16/h7-8,12,16,20H,2,5-6,9-11,18H2,1H3. The molecule has 0 aromatic heterocycles. The van der Waals surface area contributed by atoms with Crippen LogP contribution in [0.25, 0.3) is 0 Å². The van der Waals surface area contributed by atoms with Gasteiger partial charge in [0.1, 0.15) is 0 Å². The van der Waals surface area contributed by atoms with E-state index in [1.807, 2.05) is 19.1 Å². The number of rotatable bonds is 4. The van der Waals surface area contributed by atoms with Crippen LogP contribution >= 0.6 is 0 Å². The van der Waals surface area contributed by atoms with E-state index in [9.17, 15) is 9.90 Å². The molecule has 0 radical (unpaired) electrons. The van der Waals surface area contributed by atoms with Gasteiger partial charge in [-0.3, -0.25) is 4.79 Å². The number of aryl methyl sites for hydroxylation is 1. The van der Waals surface area contributed by atoms with Gasteiger partial charge in [0.05, 0.1) is 13.2 Å². The number of nitrogens with two attached hydrogens (primary N) is 1. The Hall–Kier alpha value is -1.83. The first-order valence-electron chi connectivity index (χ1n) is 7.38. The van der Waals surface area contributed by atoms with Gasteiger partial charge < -0.3 is 15.7 Å². The van der Waals surface area contributed by atoms with E-state index < -0.39 is 0 Å². The summed E-state index contributed by atoms with van der Waals surface area (Å²) >= 11 is 0. The molecule has 0 bridgehead atoms. The van der Waals surface area contributed by atoms with Crippen LogP contribution in [-0.4, -0.2) is 41.7 Å². The maximum atomic E-state index is 12.6. The second-order valence-corrected chi connectivity index (χ2v) is 5.34. The first-order chi connectivity index (χ1) is 10.2. The van der Waals surface area contributed by atoms with Gasteiger partial charge in [-0.1, -0.05) is 11.8 Å². The lowest BCUT2D eigenvalue weighted by Crippen LogP contribution is -2.45. The molecule has 0 unspecified atom stereocenters. The maximum absolute atomic E-state index is 12.6. The lowest BCUT2D eigenvalue weighted by Gasteiger charge is -2.37. The molecule has 4 nitrogen and oxygen atoms in total. The summed E-state index contributed by atoms with van der Waals surface area (Å²) in [6.45, 7) is 2.67. The molecular weight excluding hydrogens is 264 g/mol. The topological polar surface area (TPSA) is 66.6 Å². The highest BCUT2D eigenvalue weighted by Gasteiger charge is 2.29. The van der Waals surface area contributed by atoms with E-state index in [0.717, 1.165) is 30.4 Å². The number of nitrogens with zero attached hydrogens (tertiary/aromatic N) is 1. The van der Waals surface area contributed by atoms with Crippen molar-refractivity contribution in [1.82, 2.24) is 4.90 Å². The summed E-state index contributed by atoms with van der Waals surface area (Å²) in [5, 5.41) is 9.17. The highest BCUT2D eigenvalue weighted by Crippen LogP contribution is 2.26. The van der Waals surface area contributed by atoms with Gasteiger partial charge in [-0.15, -0.1) is 0 Å². The summed E-state index contributed by atoms with van der Waals surface area (Å²) in [6, 6.07) is 5.81. The number of hydrogen-bond acceptors (Lipinski definition) is 3. The Labute approximate surface area is 125 Å². The minimum absolute atomic E-state index is 0.00127. The van der Waals surface area contributed by atoms with Crippen LogP contribution in [0.3, 0.4) is 0 Å². The molecule has 0 saturated heterocycles. The average molecular weight is 286 g/mol.